The molecule has 0 aliphatic heterocycles. The van der Waals surface area contributed by atoms with Gasteiger partial charge in [0.2, 0.25) is 0 Å². The zero-order valence-corrected chi connectivity index (χ0v) is 13.2. The van der Waals surface area contributed by atoms with Crippen LogP contribution in [0.2, 0.25) is 0 Å². The Balaban J connectivity index is 2.04. The number of amides is 1. The molecule has 2 atom stereocenters. The predicted octanol–water partition coefficient (Wildman–Crippen LogP) is 4.61. The van der Waals surface area contributed by atoms with E-state index in [9.17, 15) is 18.0 Å². The minimum Gasteiger partial charge on any atom is -0.349 e. The molecule has 1 fully saturated rings. The molecule has 6 heteroatoms. The van der Waals surface area contributed by atoms with Crippen molar-refractivity contribution in [3.8, 4) is 0 Å². The van der Waals surface area contributed by atoms with Crippen molar-refractivity contribution in [1.82, 2.24) is 5.32 Å². The summed E-state index contributed by atoms with van der Waals surface area (Å²) in [6.45, 7) is 1.86. The Labute approximate surface area is 130 Å². The third-order valence-electron chi connectivity index (χ3n) is 3.91. The highest BCUT2D eigenvalue weighted by molar-refractivity contribution is 9.10. The van der Waals surface area contributed by atoms with Crippen molar-refractivity contribution in [3.63, 3.8) is 0 Å². The van der Waals surface area contributed by atoms with Gasteiger partial charge >= 0.3 is 6.18 Å². The first-order chi connectivity index (χ1) is 9.79. The lowest BCUT2D eigenvalue weighted by Crippen LogP contribution is -2.41. The van der Waals surface area contributed by atoms with Crippen LogP contribution in [-0.2, 0) is 0 Å². The van der Waals surface area contributed by atoms with Crippen molar-refractivity contribution in [2.45, 2.75) is 44.8 Å². The van der Waals surface area contributed by atoms with Crippen molar-refractivity contribution < 1.29 is 18.0 Å². The van der Waals surface area contributed by atoms with Crippen molar-refractivity contribution in [2.24, 2.45) is 5.92 Å². The number of carbonyl (C=O) groups excluding carboxylic acids is 1. The number of hydrogen-bond donors (Lipinski definition) is 1. The summed E-state index contributed by atoms with van der Waals surface area (Å²) in [4.78, 5) is 12.2. The molecule has 0 spiro atoms. The Bertz CT molecular complexity index is 530. The molecule has 0 bridgehead atoms. The maximum absolute atomic E-state index is 12.8. The summed E-state index contributed by atoms with van der Waals surface area (Å²) in [5.41, 5.74) is 1.38. The highest BCUT2D eigenvalue weighted by Gasteiger charge is 2.42. The Morgan fingerprint density at radius 1 is 1.33 bits per heavy atom. The van der Waals surface area contributed by atoms with Crippen LogP contribution in [0.1, 0.15) is 41.6 Å². The quantitative estimate of drug-likeness (QED) is 0.816. The first-order valence-electron chi connectivity index (χ1n) is 6.91. The predicted molar refractivity (Wildman–Crippen MR) is 78.1 cm³/mol. The molecule has 0 saturated heterocycles. The molecule has 1 aromatic carbocycles. The highest BCUT2D eigenvalue weighted by atomic mass is 79.9. The van der Waals surface area contributed by atoms with Gasteiger partial charge in [-0.15, -0.1) is 0 Å². The first kappa shape index (κ1) is 16.3. The molecule has 2 nitrogen and oxygen atoms in total. The Morgan fingerprint density at radius 2 is 2.05 bits per heavy atom. The van der Waals surface area contributed by atoms with Crippen LogP contribution in [0.3, 0.4) is 0 Å². The van der Waals surface area contributed by atoms with Crippen molar-refractivity contribution in [1.29, 1.82) is 0 Å². The van der Waals surface area contributed by atoms with E-state index in [0.717, 1.165) is 5.56 Å². The van der Waals surface area contributed by atoms with E-state index in [1.54, 1.807) is 12.1 Å². The zero-order valence-electron chi connectivity index (χ0n) is 11.6. The topological polar surface area (TPSA) is 29.1 Å². The number of hydrogen-bond acceptors (Lipinski definition) is 1. The monoisotopic (exact) mass is 363 g/mol. The molecule has 0 heterocycles. The first-order valence-corrected chi connectivity index (χ1v) is 7.71. The summed E-state index contributed by atoms with van der Waals surface area (Å²) in [6.07, 6.45) is -2.96. The molecule has 1 N–H and O–H groups in total. The fourth-order valence-electron chi connectivity index (χ4n) is 2.70. The molecule has 2 unspecified atom stereocenters. The molecule has 1 aromatic rings. The number of alkyl halides is 3. The summed E-state index contributed by atoms with van der Waals surface area (Å²) >= 11 is 3.35. The van der Waals surface area contributed by atoms with Gasteiger partial charge < -0.3 is 5.32 Å². The van der Waals surface area contributed by atoms with Gasteiger partial charge in [0.25, 0.3) is 5.91 Å². The largest absolute Gasteiger partial charge is 0.391 e. The average Bonchev–Trinajstić information content (AvgIpc) is 2.41. The van der Waals surface area contributed by atoms with Gasteiger partial charge in [-0.25, -0.2) is 0 Å². The van der Waals surface area contributed by atoms with Gasteiger partial charge in [-0.3, -0.25) is 4.79 Å². The molecule has 0 radical (unpaired) electrons. The Kier molecular flexibility index (Phi) is 4.96. The normalized spacial score (nSPS) is 22.9. The summed E-state index contributed by atoms with van der Waals surface area (Å²) < 4.78 is 39.0. The van der Waals surface area contributed by atoms with Crippen LogP contribution in [0.5, 0.6) is 0 Å². The number of carbonyl (C=O) groups is 1. The minimum absolute atomic E-state index is 0.0291. The third kappa shape index (κ3) is 3.99. The van der Waals surface area contributed by atoms with Crippen LogP contribution in [0.15, 0.2) is 22.7 Å². The fourth-order valence-corrected chi connectivity index (χ4v) is 3.15. The smallest absolute Gasteiger partial charge is 0.349 e. The van der Waals surface area contributed by atoms with E-state index in [1.165, 1.54) is 0 Å². The van der Waals surface area contributed by atoms with Gasteiger partial charge in [-0.1, -0.05) is 18.6 Å². The summed E-state index contributed by atoms with van der Waals surface area (Å²) in [6, 6.07) is 4.87. The van der Waals surface area contributed by atoms with Gasteiger partial charge in [-0.2, -0.15) is 13.2 Å². The highest BCUT2D eigenvalue weighted by Crippen LogP contribution is 2.37. The van der Waals surface area contributed by atoms with Crippen molar-refractivity contribution in [2.75, 3.05) is 0 Å². The molecule has 1 aliphatic carbocycles. The van der Waals surface area contributed by atoms with E-state index in [4.69, 9.17) is 0 Å². The molecule has 21 heavy (non-hydrogen) atoms. The standard InChI is InChI=1S/C15H17BrF3NO/c1-9-4-2-7-12(13(9)16)14(21)20-11-6-3-5-10(8-11)15(17,18)19/h2,4,7,10-11H,3,5-6,8H2,1H3,(H,20,21). The van der Waals surface area contributed by atoms with E-state index in [1.807, 2.05) is 13.0 Å². The lowest BCUT2D eigenvalue weighted by Gasteiger charge is -2.31. The van der Waals surface area contributed by atoms with Gasteiger partial charge in [0.05, 0.1) is 11.5 Å². The lowest BCUT2D eigenvalue weighted by atomic mass is 9.85. The van der Waals surface area contributed by atoms with Crippen LogP contribution in [0, 0.1) is 12.8 Å². The van der Waals surface area contributed by atoms with Gasteiger partial charge in [-0.05, 0) is 53.7 Å². The fraction of sp³-hybridized carbons (Fsp3) is 0.533. The molecular formula is C15H17BrF3NO. The van der Waals surface area contributed by atoms with E-state index < -0.39 is 18.1 Å². The van der Waals surface area contributed by atoms with Crippen LogP contribution in [-0.4, -0.2) is 18.1 Å². The van der Waals surface area contributed by atoms with Crippen molar-refractivity contribution >= 4 is 21.8 Å². The van der Waals surface area contributed by atoms with E-state index >= 15 is 0 Å². The lowest BCUT2D eigenvalue weighted by molar-refractivity contribution is -0.183. The number of aryl methyl sites for hydroxylation is 1. The minimum atomic E-state index is -4.17. The number of halogens is 4. The molecule has 116 valence electrons. The molecule has 1 aliphatic rings. The molecule has 1 saturated carbocycles. The Hall–Kier alpha value is -1.04. The van der Waals surface area contributed by atoms with E-state index in [-0.39, 0.29) is 18.7 Å². The van der Waals surface area contributed by atoms with E-state index in [0.29, 0.717) is 22.9 Å². The Morgan fingerprint density at radius 3 is 2.71 bits per heavy atom. The second kappa shape index (κ2) is 6.38. The molecule has 1 amide bonds. The second-order valence-electron chi connectivity index (χ2n) is 5.51. The van der Waals surface area contributed by atoms with Gasteiger partial charge in [0.15, 0.2) is 0 Å². The van der Waals surface area contributed by atoms with Crippen LogP contribution < -0.4 is 5.32 Å². The summed E-state index contributed by atoms with van der Waals surface area (Å²) in [7, 11) is 0. The SMILES string of the molecule is Cc1cccc(C(=O)NC2CCCC(C(F)(F)F)C2)c1Br. The maximum Gasteiger partial charge on any atom is 0.391 e. The maximum atomic E-state index is 12.8. The van der Waals surface area contributed by atoms with E-state index in [2.05, 4.69) is 21.2 Å². The van der Waals surface area contributed by atoms with Crippen LogP contribution in [0.25, 0.3) is 0 Å². The third-order valence-corrected chi connectivity index (χ3v) is 4.96. The summed E-state index contributed by atoms with van der Waals surface area (Å²) in [5.74, 6) is -1.63. The molecule has 2 rings (SSSR count). The van der Waals surface area contributed by atoms with Gasteiger partial charge in [0.1, 0.15) is 0 Å². The number of rotatable bonds is 2. The number of nitrogens with one attached hydrogen (secondary N) is 1. The second-order valence-corrected chi connectivity index (χ2v) is 6.30. The zero-order chi connectivity index (χ0) is 15.6. The number of benzene rings is 1. The van der Waals surface area contributed by atoms with Gasteiger partial charge in [0, 0.05) is 10.5 Å². The molecular weight excluding hydrogens is 347 g/mol. The summed E-state index contributed by atoms with van der Waals surface area (Å²) in [5, 5.41) is 2.74. The average molecular weight is 364 g/mol. The van der Waals surface area contributed by atoms with Crippen LogP contribution in [0.4, 0.5) is 13.2 Å². The van der Waals surface area contributed by atoms with Crippen molar-refractivity contribution in [3.05, 3.63) is 33.8 Å². The van der Waals surface area contributed by atoms with Crippen LogP contribution >= 0.6 is 15.9 Å². The molecule has 0 aromatic heterocycles.